The van der Waals surface area contributed by atoms with Crippen molar-refractivity contribution < 1.29 is 9.21 Å². The highest BCUT2D eigenvalue weighted by Gasteiger charge is 2.19. The molecule has 0 bridgehead atoms. The third-order valence-corrected chi connectivity index (χ3v) is 5.40. The maximum atomic E-state index is 12.4. The highest BCUT2D eigenvalue weighted by atomic mass is 32.2. The minimum absolute atomic E-state index is 0.0797. The van der Waals surface area contributed by atoms with Crippen LogP contribution in [0.15, 0.2) is 33.9 Å². The fraction of sp³-hybridized carbons (Fsp3) is 0.526. The highest BCUT2D eigenvalue weighted by Crippen LogP contribution is 2.27. The Balaban J connectivity index is 1.57. The van der Waals surface area contributed by atoms with E-state index in [1.54, 1.807) is 0 Å². The van der Waals surface area contributed by atoms with Crippen molar-refractivity contribution in [2.75, 3.05) is 48.7 Å². The average molecular weight is 390 g/mol. The molecule has 2 heterocycles. The lowest BCUT2D eigenvalue weighted by molar-refractivity contribution is -0.113. The van der Waals surface area contributed by atoms with E-state index in [2.05, 4.69) is 38.3 Å². The lowest BCUT2D eigenvalue weighted by atomic mass is 10.2. The molecule has 8 heteroatoms. The van der Waals surface area contributed by atoms with Gasteiger partial charge in [-0.2, -0.15) is 0 Å². The molecule has 1 aromatic heterocycles. The molecule has 1 aromatic carbocycles. The van der Waals surface area contributed by atoms with E-state index in [-0.39, 0.29) is 17.6 Å². The van der Waals surface area contributed by atoms with Gasteiger partial charge >= 0.3 is 0 Å². The van der Waals surface area contributed by atoms with Crippen LogP contribution in [0.25, 0.3) is 0 Å². The summed E-state index contributed by atoms with van der Waals surface area (Å²) in [6.07, 6.45) is 0. The van der Waals surface area contributed by atoms with Gasteiger partial charge in [-0.05, 0) is 18.7 Å². The third-order valence-electron chi connectivity index (χ3n) is 4.58. The van der Waals surface area contributed by atoms with Crippen LogP contribution in [-0.2, 0) is 4.79 Å². The van der Waals surface area contributed by atoms with Crippen LogP contribution in [0.1, 0.15) is 32.6 Å². The molecule has 0 saturated carbocycles. The largest absolute Gasteiger partial charge is 0.416 e. The number of hydrogen-bond acceptors (Lipinski definition) is 7. The Morgan fingerprint density at radius 2 is 1.96 bits per heavy atom. The normalized spacial score (nSPS) is 15.3. The molecule has 1 saturated heterocycles. The molecule has 146 valence electrons. The minimum atomic E-state index is -0.0797. The summed E-state index contributed by atoms with van der Waals surface area (Å²) in [4.78, 5) is 17.2. The number of rotatable bonds is 7. The van der Waals surface area contributed by atoms with Gasteiger partial charge in [-0.1, -0.05) is 44.7 Å². The number of aromatic nitrogens is 2. The van der Waals surface area contributed by atoms with Crippen LogP contribution in [0.4, 0.5) is 11.4 Å². The zero-order chi connectivity index (χ0) is 19.2. The number of benzene rings is 1. The van der Waals surface area contributed by atoms with Crippen LogP contribution >= 0.6 is 11.8 Å². The number of carbonyl (C=O) groups excluding carboxylic acids is 1. The first kappa shape index (κ1) is 19.7. The summed E-state index contributed by atoms with van der Waals surface area (Å²) in [5.74, 6) is 0.927. The minimum Gasteiger partial charge on any atom is -0.416 e. The van der Waals surface area contributed by atoms with Crippen LogP contribution in [-0.4, -0.2) is 59.5 Å². The first-order valence-corrected chi connectivity index (χ1v) is 10.4. The smallest absolute Gasteiger partial charge is 0.277 e. The van der Waals surface area contributed by atoms with E-state index in [1.807, 2.05) is 32.0 Å². The summed E-state index contributed by atoms with van der Waals surface area (Å²) in [6.45, 7) is 11.3. The second-order valence-electron chi connectivity index (χ2n) is 6.84. The summed E-state index contributed by atoms with van der Waals surface area (Å²) in [6, 6.07) is 7.98. The van der Waals surface area contributed by atoms with Crippen molar-refractivity contribution in [1.29, 1.82) is 0 Å². The van der Waals surface area contributed by atoms with E-state index in [0.29, 0.717) is 11.1 Å². The van der Waals surface area contributed by atoms with Gasteiger partial charge in [-0.15, -0.1) is 10.2 Å². The van der Waals surface area contributed by atoms with Crippen molar-refractivity contribution in [2.45, 2.75) is 31.9 Å². The van der Waals surface area contributed by atoms with Gasteiger partial charge in [0, 0.05) is 32.1 Å². The molecule has 1 amide bonds. The zero-order valence-corrected chi connectivity index (χ0v) is 17.0. The third kappa shape index (κ3) is 5.23. The van der Waals surface area contributed by atoms with Crippen LogP contribution < -0.4 is 10.2 Å². The zero-order valence-electron chi connectivity index (χ0n) is 16.1. The molecule has 1 aliphatic rings. The number of carbonyl (C=O) groups is 1. The molecule has 3 rings (SSSR count). The fourth-order valence-corrected chi connectivity index (χ4v) is 3.56. The molecule has 27 heavy (non-hydrogen) atoms. The molecule has 0 spiro atoms. The predicted molar refractivity (Wildman–Crippen MR) is 109 cm³/mol. The van der Waals surface area contributed by atoms with Crippen LogP contribution in [0.3, 0.4) is 0 Å². The second kappa shape index (κ2) is 9.23. The van der Waals surface area contributed by atoms with Gasteiger partial charge in [0.1, 0.15) is 0 Å². The van der Waals surface area contributed by atoms with Gasteiger partial charge in [0.2, 0.25) is 11.8 Å². The van der Waals surface area contributed by atoms with Crippen molar-refractivity contribution in [2.24, 2.45) is 0 Å². The standard InChI is InChI=1S/C19H27N5O2S/c1-4-23-9-11-24(12-10-23)16-8-6-5-7-15(16)20-17(25)13-27-19-22-21-18(26-19)14(2)3/h5-8,14H,4,9-13H2,1-3H3,(H,20,25). The van der Waals surface area contributed by atoms with Crippen molar-refractivity contribution in [3.05, 3.63) is 30.2 Å². The van der Waals surface area contributed by atoms with E-state index in [0.717, 1.165) is 44.1 Å². The number of likely N-dealkylation sites (N-methyl/N-ethyl adjacent to an activating group) is 1. The number of hydrogen-bond donors (Lipinski definition) is 1. The number of nitrogens with one attached hydrogen (secondary N) is 1. The molecule has 0 unspecified atom stereocenters. The Bertz CT molecular complexity index is 756. The SMILES string of the molecule is CCN1CCN(c2ccccc2NC(=O)CSc2nnc(C(C)C)o2)CC1. The van der Waals surface area contributed by atoms with Gasteiger partial charge < -0.3 is 19.5 Å². The van der Waals surface area contributed by atoms with Gasteiger partial charge in [-0.25, -0.2) is 0 Å². The molecule has 2 aromatic rings. The van der Waals surface area contributed by atoms with Crippen LogP contribution in [0.5, 0.6) is 0 Å². The Hall–Kier alpha value is -2.06. The van der Waals surface area contributed by atoms with E-state index in [4.69, 9.17) is 4.42 Å². The summed E-state index contributed by atoms with van der Waals surface area (Å²) in [5, 5.41) is 11.4. The molecule has 7 nitrogen and oxygen atoms in total. The number of anilines is 2. The number of nitrogens with zero attached hydrogens (tertiary/aromatic N) is 4. The number of amides is 1. The molecule has 0 atom stereocenters. The van der Waals surface area contributed by atoms with Gasteiger partial charge in [0.15, 0.2) is 0 Å². The van der Waals surface area contributed by atoms with E-state index in [9.17, 15) is 4.79 Å². The Morgan fingerprint density at radius 1 is 1.22 bits per heavy atom. The van der Waals surface area contributed by atoms with E-state index >= 15 is 0 Å². The van der Waals surface area contributed by atoms with Crippen molar-refractivity contribution >= 4 is 29.0 Å². The predicted octanol–water partition coefficient (Wildman–Crippen LogP) is 3.07. The van der Waals surface area contributed by atoms with Crippen LogP contribution in [0.2, 0.25) is 0 Å². The molecular weight excluding hydrogens is 362 g/mol. The number of thioether (sulfide) groups is 1. The second-order valence-corrected chi connectivity index (χ2v) is 7.76. The molecular formula is C19H27N5O2S. The molecule has 1 fully saturated rings. The fourth-order valence-electron chi connectivity index (χ4n) is 2.99. The summed E-state index contributed by atoms with van der Waals surface area (Å²) in [7, 11) is 0. The summed E-state index contributed by atoms with van der Waals surface area (Å²) in [5.41, 5.74) is 1.92. The van der Waals surface area contributed by atoms with E-state index < -0.39 is 0 Å². The average Bonchev–Trinajstić information content (AvgIpc) is 3.16. The Kier molecular flexibility index (Phi) is 6.73. The van der Waals surface area contributed by atoms with E-state index in [1.165, 1.54) is 11.8 Å². The Labute approximate surface area is 164 Å². The first-order valence-electron chi connectivity index (χ1n) is 9.39. The lowest BCUT2D eigenvalue weighted by Gasteiger charge is -2.36. The Morgan fingerprint density at radius 3 is 2.63 bits per heavy atom. The lowest BCUT2D eigenvalue weighted by Crippen LogP contribution is -2.46. The molecule has 1 N–H and O–H groups in total. The molecule has 0 aliphatic carbocycles. The topological polar surface area (TPSA) is 74.5 Å². The van der Waals surface area contributed by atoms with Gasteiger partial charge in [0.25, 0.3) is 5.22 Å². The first-order chi connectivity index (χ1) is 13.1. The summed E-state index contributed by atoms with van der Waals surface area (Å²) >= 11 is 1.26. The highest BCUT2D eigenvalue weighted by molar-refractivity contribution is 7.99. The van der Waals surface area contributed by atoms with Gasteiger partial charge in [0.05, 0.1) is 17.1 Å². The van der Waals surface area contributed by atoms with Gasteiger partial charge in [-0.3, -0.25) is 4.79 Å². The number of para-hydroxylation sites is 2. The monoisotopic (exact) mass is 389 g/mol. The molecule has 0 radical (unpaired) electrons. The quantitative estimate of drug-likeness (QED) is 0.730. The number of piperazine rings is 1. The molecule has 1 aliphatic heterocycles. The summed E-state index contributed by atoms with van der Waals surface area (Å²) < 4.78 is 5.53. The van der Waals surface area contributed by atoms with Crippen molar-refractivity contribution in [3.63, 3.8) is 0 Å². The van der Waals surface area contributed by atoms with Crippen molar-refractivity contribution in [1.82, 2.24) is 15.1 Å². The maximum absolute atomic E-state index is 12.4. The van der Waals surface area contributed by atoms with Crippen molar-refractivity contribution in [3.8, 4) is 0 Å². The maximum Gasteiger partial charge on any atom is 0.277 e. The van der Waals surface area contributed by atoms with Crippen LogP contribution in [0, 0.1) is 0 Å².